The summed E-state index contributed by atoms with van der Waals surface area (Å²) in [5.41, 5.74) is 6.35. The molecule has 1 saturated carbocycles. The van der Waals surface area contributed by atoms with Crippen molar-refractivity contribution in [3.05, 3.63) is 35.9 Å². The smallest absolute Gasteiger partial charge is 0.320 e. The lowest BCUT2D eigenvalue weighted by Crippen LogP contribution is -2.33. The van der Waals surface area contributed by atoms with E-state index in [4.69, 9.17) is 15.9 Å². The molecule has 1 fully saturated rings. The molecule has 4 atom stereocenters. The van der Waals surface area contributed by atoms with E-state index in [0.717, 1.165) is 5.56 Å². The fourth-order valence-corrected chi connectivity index (χ4v) is 2.37. The van der Waals surface area contributed by atoms with Gasteiger partial charge in [-0.1, -0.05) is 30.3 Å². The van der Waals surface area contributed by atoms with E-state index < -0.39 is 29.8 Å². The van der Waals surface area contributed by atoms with Gasteiger partial charge >= 0.3 is 11.9 Å². The Balaban J connectivity index is 2.23. The molecule has 0 spiro atoms. The predicted octanol–water partition coefficient (Wildman–Crippen LogP) is 0.513. The van der Waals surface area contributed by atoms with Crippen LogP contribution >= 0.6 is 0 Å². The molecule has 4 N–H and O–H groups in total. The van der Waals surface area contributed by atoms with E-state index in [9.17, 15) is 9.59 Å². The minimum Gasteiger partial charge on any atom is -0.481 e. The van der Waals surface area contributed by atoms with Gasteiger partial charge in [0.05, 0.1) is 5.92 Å². The third kappa shape index (κ3) is 2.01. The molecule has 1 aliphatic rings. The lowest BCUT2D eigenvalue weighted by atomic mass is 10.1. The Morgan fingerprint density at radius 2 is 1.76 bits per heavy atom. The molecule has 1 aromatic carbocycles. The summed E-state index contributed by atoms with van der Waals surface area (Å²) in [5, 5.41) is 17.9. The zero-order valence-electron chi connectivity index (χ0n) is 8.98. The zero-order valence-corrected chi connectivity index (χ0v) is 8.98. The number of hydrogen-bond acceptors (Lipinski definition) is 3. The fraction of sp³-hybridized carbons (Fsp3) is 0.333. The first-order valence-corrected chi connectivity index (χ1v) is 5.30. The van der Waals surface area contributed by atoms with Crippen molar-refractivity contribution in [3.63, 3.8) is 0 Å². The van der Waals surface area contributed by atoms with E-state index in [1.165, 1.54) is 0 Å². The standard InChI is InChI=1S/C12H13NO4/c13-10(12(16)17)8-7(9(8)11(14)15)6-4-2-1-3-5-6/h1-5,7-10H,13H2,(H,14,15)(H,16,17)/t7-,8-,9+,10+/m0/s1. The summed E-state index contributed by atoms with van der Waals surface area (Å²) in [6.07, 6.45) is 0. The minimum atomic E-state index is -1.15. The molecule has 90 valence electrons. The van der Waals surface area contributed by atoms with Gasteiger partial charge in [0, 0.05) is 11.8 Å². The summed E-state index contributed by atoms with van der Waals surface area (Å²) in [4.78, 5) is 21.8. The molecule has 1 aromatic rings. The number of carbonyl (C=O) groups is 2. The highest BCUT2D eigenvalue weighted by atomic mass is 16.4. The molecule has 0 bridgehead atoms. The Hall–Kier alpha value is -1.88. The van der Waals surface area contributed by atoms with E-state index >= 15 is 0 Å². The molecular weight excluding hydrogens is 222 g/mol. The van der Waals surface area contributed by atoms with Crippen LogP contribution in [0.25, 0.3) is 0 Å². The van der Waals surface area contributed by atoms with Crippen molar-refractivity contribution in [2.24, 2.45) is 17.6 Å². The van der Waals surface area contributed by atoms with E-state index in [-0.39, 0.29) is 5.92 Å². The second kappa shape index (κ2) is 4.18. The van der Waals surface area contributed by atoms with Crippen molar-refractivity contribution in [1.82, 2.24) is 0 Å². The number of nitrogens with two attached hydrogens (primary N) is 1. The number of carboxylic acid groups (broad SMARTS) is 2. The van der Waals surface area contributed by atoms with E-state index in [1.54, 1.807) is 24.3 Å². The third-order valence-corrected chi connectivity index (χ3v) is 3.24. The molecule has 0 saturated heterocycles. The quantitative estimate of drug-likeness (QED) is 0.706. The normalized spacial score (nSPS) is 28.4. The van der Waals surface area contributed by atoms with Crippen LogP contribution in [0.4, 0.5) is 0 Å². The lowest BCUT2D eigenvalue weighted by Gasteiger charge is -2.04. The SMILES string of the molecule is N[C@@H](C(=O)O)[C@@H]1[C@H](C(=O)O)[C@H]1c1ccccc1. The average Bonchev–Trinajstić information content (AvgIpc) is 3.04. The highest BCUT2D eigenvalue weighted by molar-refractivity contribution is 5.81. The van der Waals surface area contributed by atoms with E-state index in [2.05, 4.69) is 0 Å². The van der Waals surface area contributed by atoms with Crippen molar-refractivity contribution < 1.29 is 19.8 Å². The highest BCUT2D eigenvalue weighted by Crippen LogP contribution is 2.55. The van der Waals surface area contributed by atoms with Gasteiger partial charge in [0.1, 0.15) is 6.04 Å². The molecule has 2 rings (SSSR count). The van der Waals surface area contributed by atoms with Gasteiger partial charge in [-0.15, -0.1) is 0 Å². The van der Waals surface area contributed by atoms with Crippen LogP contribution in [0, 0.1) is 11.8 Å². The molecule has 5 heteroatoms. The van der Waals surface area contributed by atoms with Crippen LogP contribution in [0.5, 0.6) is 0 Å². The van der Waals surface area contributed by atoms with Crippen molar-refractivity contribution >= 4 is 11.9 Å². The van der Waals surface area contributed by atoms with Gasteiger partial charge in [-0.2, -0.15) is 0 Å². The Morgan fingerprint density at radius 1 is 1.18 bits per heavy atom. The monoisotopic (exact) mass is 235 g/mol. The number of hydrogen-bond donors (Lipinski definition) is 3. The first kappa shape index (κ1) is 11.6. The summed E-state index contributed by atoms with van der Waals surface area (Å²) in [6, 6.07) is 7.91. The predicted molar refractivity (Wildman–Crippen MR) is 59.4 cm³/mol. The number of rotatable bonds is 4. The van der Waals surface area contributed by atoms with E-state index in [0.29, 0.717) is 0 Å². The second-order valence-corrected chi connectivity index (χ2v) is 4.24. The average molecular weight is 235 g/mol. The summed E-state index contributed by atoms with van der Waals surface area (Å²) in [6.45, 7) is 0. The highest BCUT2D eigenvalue weighted by Gasteiger charge is 2.59. The fourth-order valence-electron chi connectivity index (χ4n) is 2.37. The van der Waals surface area contributed by atoms with Gasteiger partial charge in [-0.3, -0.25) is 9.59 Å². The van der Waals surface area contributed by atoms with Crippen LogP contribution in [-0.4, -0.2) is 28.2 Å². The van der Waals surface area contributed by atoms with Crippen molar-refractivity contribution in [3.8, 4) is 0 Å². The Bertz CT molecular complexity index is 445. The topological polar surface area (TPSA) is 101 Å². The van der Waals surface area contributed by atoms with E-state index in [1.807, 2.05) is 6.07 Å². The maximum atomic E-state index is 11.0. The Morgan fingerprint density at radius 3 is 2.24 bits per heavy atom. The first-order chi connectivity index (χ1) is 8.04. The maximum absolute atomic E-state index is 11.0. The summed E-state index contributed by atoms with van der Waals surface area (Å²) in [5.74, 6) is -3.64. The van der Waals surface area contributed by atoms with Crippen LogP contribution in [0.2, 0.25) is 0 Å². The molecule has 5 nitrogen and oxygen atoms in total. The molecule has 0 aromatic heterocycles. The van der Waals surface area contributed by atoms with Gasteiger partial charge in [-0.05, 0) is 5.56 Å². The van der Waals surface area contributed by atoms with Crippen molar-refractivity contribution in [2.45, 2.75) is 12.0 Å². The lowest BCUT2D eigenvalue weighted by molar-refractivity contribution is -0.140. The molecule has 0 radical (unpaired) electrons. The summed E-state index contributed by atoms with van der Waals surface area (Å²) in [7, 11) is 0. The largest absolute Gasteiger partial charge is 0.481 e. The Kier molecular flexibility index (Phi) is 2.85. The molecule has 0 unspecified atom stereocenters. The first-order valence-electron chi connectivity index (χ1n) is 5.30. The molecule has 17 heavy (non-hydrogen) atoms. The molecule has 1 aliphatic carbocycles. The number of benzene rings is 1. The van der Waals surface area contributed by atoms with Crippen LogP contribution in [-0.2, 0) is 9.59 Å². The molecule has 0 aliphatic heterocycles. The molecular formula is C12H13NO4. The third-order valence-electron chi connectivity index (χ3n) is 3.24. The second-order valence-electron chi connectivity index (χ2n) is 4.24. The summed E-state index contributed by atoms with van der Waals surface area (Å²) >= 11 is 0. The van der Waals surface area contributed by atoms with Crippen LogP contribution in [0.3, 0.4) is 0 Å². The van der Waals surface area contributed by atoms with Crippen LogP contribution in [0.1, 0.15) is 11.5 Å². The molecule has 0 heterocycles. The number of aliphatic carboxylic acids is 2. The van der Waals surface area contributed by atoms with Crippen LogP contribution in [0.15, 0.2) is 30.3 Å². The van der Waals surface area contributed by atoms with Crippen molar-refractivity contribution in [1.29, 1.82) is 0 Å². The van der Waals surface area contributed by atoms with Gasteiger partial charge in [0.2, 0.25) is 0 Å². The van der Waals surface area contributed by atoms with Gasteiger partial charge in [0.15, 0.2) is 0 Å². The van der Waals surface area contributed by atoms with Crippen LogP contribution < -0.4 is 5.73 Å². The van der Waals surface area contributed by atoms with Gasteiger partial charge in [0.25, 0.3) is 0 Å². The number of carboxylic acids is 2. The van der Waals surface area contributed by atoms with Gasteiger partial charge in [-0.25, -0.2) is 0 Å². The van der Waals surface area contributed by atoms with Crippen molar-refractivity contribution in [2.75, 3.05) is 0 Å². The molecule has 0 amide bonds. The van der Waals surface area contributed by atoms with Gasteiger partial charge < -0.3 is 15.9 Å². The summed E-state index contributed by atoms with van der Waals surface area (Å²) < 4.78 is 0. The maximum Gasteiger partial charge on any atom is 0.320 e. The minimum absolute atomic E-state index is 0.292. The Labute approximate surface area is 97.9 Å². The zero-order chi connectivity index (χ0) is 12.6.